The molecule has 0 aliphatic carbocycles. The van der Waals surface area contributed by atoms with Crippen LogP contribution in [-0.2, 0) is 10.0 Å². The van der Waals surface area contributed by atoms with Crippen molar-refractivity contribution in [1.29, 1.82) is 0 Å². The standard InChI is InChI=1S/C24H30FN3O5S/c1-5-8-18-11-19-23(26-12-18)33-21(16(2)13-28(24(19)30)17(3)15-29)14-27(4)34(31,32)22-10-7-6-9-20(22)25/h5-12,16-17,21,29H,13-15H2,1-4H3/t16-,17+,21+/m0/s1. The summed E-state index contributed by atoms with van der Waals surface area (Å²) in [6, 6.07) is 6.39. The lowest BCUT2D eigenvalue weighted by molar-refractivity contribution is 0.0373. The second-order valence-electron chi connectivity index (χ2n) is 8.46. The number of aliphatic hydroxyl groups is 1. The van der Waals surface area contributed by atoms with E-state index >= 15 is 0 Å². The molecule has 184 valence electrons. The number of rotatable bonds is 7. The highest BCUT2D eigenvalue weighted by molar-refractivity contribution is 7.89. The largest absolute Gasteiger partial charge is 0.472 e. The van der Waals surface area contributed by atoms with Crippen LogP contribution in [0.4, 0.5) is 4.39 Å². The van der Waals surface area contributed by atoms with Crippen LogP contribution >= 0.6 is 0 Å². The quantitative estimate of drug-likeness (QED) is 0.639. The first-order valence-corrected chi connectivity index (χ1v) is 12.5. The number of carbonyl (C=O) groups excluding carboxylic acids is 1. The summed E-state index contributed by atoms with van der Waals surface area (Å²) in [5.74, 6) is -1.39. The number of fused-ring (bicyclic) bond motifs is 1. The third kappa shape index (κ3) is 5.29. The second kappa shape index (κ2) is 10.6. The SMILES string of the molecule is CC=Cc1cnc2c(c1)C(=O)N([C@H](C)CO)C[C@H](C)[C@@H](CN(C)S(=O)(=O)c1ccccc1F)O2. The van der Waals surface area contributed by atoms with Gasteiger partial charge >= 0.3 is 0 Å². The first-order chi connectivity index (χ1) is 16.1. The lowest BCUT2D eigenvalue weighted by Gasteiger charge is -2.37. The van der Waals surface area contributed by atoms with Crippen LogP contribution in [0.25, 0.3) is 6.08 Å². The van der Waals surface area contributed by atoms with E-state index in [0.717, 1.165) is 10.4 Å². The van der Waals surface area contributed by atoms with Crippen molar-refractivity contribution in [3.8, 4) is 5.88 Å². The number of nitrogens with zero attached hydrogens (tertiary/aromatic N) is 3. The molecule has 1 aliphatic heterocycles. The molecule has 0 radical (unpaired) electrons. The van der Waals surface area contributed by atoms with E-state index in [1.807, 2.05) is 19.9 Å². The number of likely N-dealkylation sites (N-methyl/N-ethyl adjacent to an activating group) is 1. The average Bonchev–Trinajstić information content (AvgIpc) is 2.81. The molecule has 8 nitrogen and oxygen atoms in total. The van der Waals surface area contributed by atoms with Gasteiger partial charge in [-0.15, -0.1) is 0 Å². The number of benzene rings is 1. The molecule has 0 saturated carbocycles. The number of ether oxygens (including phenoxy) is 1. The molecule has 0 bridgehead atoms. The molecule has 0 fully saturated rings. The summed E-state index contributed by atoms with van der Waals surface area (Å²) < 4.78 is 47.4. The van der Waals surface area contributed by atoms with E-state index in [0.29, 0.717) is 5.56 Å². The van der Waals surface area contributed by atoms with Crippen molar-refractivity contribution in [2.75, 3.05) is 26.7 Å². The Kier molecular flexibility index (Phi) is 8.06. The molecular weight excluding hydrogens is 461 g/mol. The van der Waals surface area contributed by atoms with E-state index in [9.17, 15) is 22.7 Å². The van der Waals surface area contributed by atoms with Crippen LogP contribution in [0.3, 0.4) is 0 Å². The van der Waals surface area contributed by atoms with Gasteiger partial charge in [0.25, 0.3) is 5.91 Å². The van der Waals surface area contributed by atoms with Crippen molar-refractivity contribution >= 4 is 22.0 Å². The van der Waals surface area contributed by atoms with E-state index in [1.54, 1.807) is 30.2 Å². The molecule has 34 heavy (non-hydrogen) atoms. The highest BCUT2D eigenvalue weighted by Crippen LogP contribution is 2.28. The van der Waals surface area contributed by atoms with E-state index in [1.165, 1.54) is 25.2 Å². The van der Waals surface area contributed by atoms with Gasteiger partial charge in [0.05, 0.1) is 19.2 Å². The number of pyridine rings is 1. The zero-order valence-electron chi connectivity index (χ0n) is 19.7. The van der Waals surface area contributed by atoms with Crippen LogP contribution in [0.2, 0.25) is 0 Å². The first-order valence-electron chi connectivity index (χ1n) is 11.0. The number of halogens is 1. The van der Waals surface area contributed by atoms with Gasteiger partial charge in [-0.25, -0.2) is 17.8 Å². The number of hydrogen-bond donors (Lipinski definition) is 1. The zero-order valence-corrected chi connectivity index (χ0v) is 20.5. The summed E-state index contributed by atoms with van der Waals surface area (Å²) in [4.78, 5) is 18.8. The predicted octanol–water partition coefficient (Wildman–Crippen LogP) is 2.79. The highest BCUT2D eigenvalue weighted by atomic mass is 32.2. The Labute approximate surface area is 199 Å². The summed E-state index contributed by atoms with van der Waals surface area (Å²) >= 11 is 0. The molecule has 1 aromatic carbocycles. The molecule has 3 atom stereocenters. The Hall–Kier alpha value is -2.82. The smallest absolute Gasteiger partial charge is 0.259 e. The highest BCUT2D eigenvalue weighted by Gasteiger charge is 2.36. The maximum Gasteiger partial charge on any atom is 0.259 e. The van der Waals surface area contributed by atoms with Gasteiger partial charge in [-0.05, 0) is 37.6 Å². The number of allylic oxidation sites excluding steroid dienone is 1. The second-order valence-corrected chi connectivity index (χ2v) is 10.5. The van der Waals surface area contributed by atoms with Gasteiger partial charge in [0.2, 0.25) is 15.9 Å². The molecule has 2 aromatic rings. The van der Waals surface area contributed by atoms with E-state index in [2.05, 4.69) is 4.98 Å². The minimum absolute atomic E-state index is 0.0848. The van der Waals surface area contributed by atoms with Crippen LogP contribution in [0.1, 0.15) is 36.7 Å². The molecule has 1 amide bonds. The van der Waals surface area contributed by atoms with Crippen LogP contribution in [0.5, 0.6) is 5.88 Å². The average molecular weight is 492 g/mol. The van der Waals surface area contributed by atoms with Crippen molar-refractivity contribution in [3.63, 3.8) is 0 Å². The monoisotopic (exact) mass is 491 g/mol. The number of aliphatic hydroxyl groups excluding tert-OH is 1. The number of aromatic nitrogens is 1. The van der Waals surface area contributed by atoms with Gasteiger partial charge < -0.3 is 14.7 Å². The fourth-order valence-corrected chi connectivity index (χ4v) is 5.04. The number of sulfonamides is 1. The van der Waals surface area contributed by atoms with Gasteiger partial charge in [0.1, 0.15) is 22.4 Å². The molecular formula is C24H30FN3O5S. The number of carbonyl (C=O) groups is 1. The maximum atomic E-state index is 14.2. The predicted molar refractivity (Wildman–Crippen MR) is 126 cm³/mol. The summed E-state index contributed by atoms with van der Waals surface area (Å²) in [6.45, 7) is 5.32. The fourth-order valence-electron chi connectivity index (χ4n) is 3.79. The van der Waals surface area contributed by atoms with Gasteiger partial charge in [0, 0.05) is 25.7 Å². The van der Waals surface area contributed by atoms with Crippen LogP contribution in [0.15, 0.2) is 47.5 Å². The van der Waals surface area contributed by atoms with Gasteiger partial charge in [0.15, 0.2) is 0 Å². The molecule has 0 unspecified atom stereocenters. The van der Waals surface area contributed by atoms with Crippen molar-refractivity contribution in [3.05, 3.63) is 59.5 Å². The van der Waals surface area contributed by atoms with Gasteiger partial charge in [-0.2, -0.15) is 4.31 Å². The van der Waals surface area contributed by atoms with Crippen molar-refractivity contribution < 1.29 is 27.4 Å². The van der Waals surface area contributed by atoms with Crippen molar-refractivity contribution in [2.24, 2.45) is 5.92 Å². The van der Waals surface area contributed by atoms with Crippen LogP contribution < -0.4 is 4.74 Å². The number of amides is 1. The minimum Gasteiger partial charge on any atom is -0.472 e. The summed E-state index contributed by atoms with van der Waals surface area (Å²) in [5, 5.41) is 9.74. The molecule has 0 saturated heterocycles. The van der Waals surface area contributed by atoms with Gasteiger partial charge in [-0.3, -0.25) is 4.79 Å². The summed E-state index contributed by atoms with van der Waals surface area (Å²) in [5.41, 5.74) is 0.937. The molecule has 1 N–H and O–H groups in total. The van der Waals surface area contributed by atoms with Crippen molar-refractivity contribution in [2.45, 2.75) is 37.8 Å². The topological polar surface area (TPSA) is 100 Å². The molecule has 0 spiro atoms. The Morgan fingerprint density at radius 2 is 2.09 bits per heavy atom. The van der Waals surface area contributed by atoms with Gasteiger partial charge in [-0.1, -0.05) is 31.2 Å². The normalized spacial score (nSPS) is 20.1. The fraction of sp³-hybridized carbons (Fsp3) is 0.417. The van der Waals surface area contributed by atoms with Crippen molar-refractivity contribution in [1.82, 2.24) is 14.2 Å². The molecule has 3 rings (SSSR count). The lowest BCUT2D eigenvalue weighted by atomic mass is 10.00. The lowest BCUT2D eigenvalue weighted by Crippen LogP contribution is -2.50. The van der Waals surface area contributed by atoms with E-state index in [-0.39, 0.29) is 43.0 Å². The van der Waals surface area contributed by atoms with Crippen LogP contribution in [-0.4, -0.2) is 72.5 Å². The Balaban J connectivity index is 1.99. The Morgan fingerprint density at radius 3 is 2.74 bits per heavy atom. The molecule has 1 aromatic heterocycles. The zero-order chi connectivity index (χ0) is 25.0. The van der Waals surface area contributed by atoms with E-state index in [4.69, 9.17) is 4.74 Å². The maximum absolute atomic E-state index is 14.2. The first kappa shape index (κ1) is 25.8. The van der Waals surface area contributed by atoms with E-state index < -0.39 is 32.9 Å². The molecule has 10 heteroatoms. The molecule has 2 heterocycles. The number of hydrogen-bond acceptors (Lipinski definition) is 6. The third-order valence-electron chi connectivity index (χ3n) is 5.86. The molecule has 1 aliphatic rings. The minimum atomic E-state index is -4.12. The van der Waals surface area contributed by atoms with Crippen LogP contribution in [0, 0.1) is 11.7 Å². The summed E-state index contributed by atoms with van der Waals surface area (Å²) in [6.07, 6.45) is 4.49. The Bertz CT molecular complexity index is 1170. The Morgan fingerprint density at radius 1 is 1.38 bits per heavy atom. The third-order valence-corrected chi connectivity index (χ3v) is 7.72. The summed E-state index contributed by atoms with van der Waals surface area (Å²) in [7, 11) is -2.76.